The predicted molar refractivity (Wildman–Crippen MR) is 79.2 cm³/mol. The van der Waals surface area contributed by atoms with Crippen LogP contribution in [0.5, 0.6) is 0 Å². The molecule has 6 heteroatoms. The Bertz CT molecular complexity index is 666. The Morgan fingerprint density at radius 3 is 2.63 bits per heavy atom. The topological polar surface area (TPSA) is 46.2 Å². The van der Waals surface area contributed by atoms with Crippen molar-refractivity contribution in [2.75, 3.05) is 0 Å². The zero-order valence-electron chi connectivity index (χ0n) is 10.6. The van der Waals surface area contributed by atoms with Crippen LogP contribution in [0.2, 0.25) is 5.02 Å². The number of benzene rings is 1. The minimum atomic E-state index is -3.57. The highest BCUT2D eigenvalue weighted by molar-refractivity contribution is 7.89. The Hall–Kier alpha value is -0.880. The summed E-state index contributed by atoms with van der Waals surface area (Å²) >= 11 is 7.49. The predicted octanol–water partition coefficient (Wildman–Crippen LogP) is 3.75. The summed E-state index contributed by atoms with van der Waals surface area (Å²) in [6, 6.07) is 8.42. The molecule has 0 saturated carbocycles. The van der Waals surface area contributed by atoms with Gasteiger partial charge in [-0.15, -0.1) is 11.3 Å². The summed E-state index contributed by atoms with van der Waals surface area (Å²) in [7, 11) is -3.57. The van der Waals surface area contributed by atoms with Crippen molar-refractivity contribution in [3.05, 3.63) is 51.2 Å². The van der Waals surface area contributed by atoms with Gasteiger partial charge in [0.15, 0.2) is 0 Å². The SMILES string of the molecule is Cc1c(Cl)cccc1S(=O)(=O)N[C@@H](C)c1cccs1. The summed E-state index contributed by atoms with van der Waals surface area (Å²) in [5, 5.41) is 2.37. The van der Waals surface area contributed by atoms with Gasteiger partial charge in [0, 0.05) is 9.90 Å². The summed E-state index contributed by atoms with van der Waals surface area (Å²) < 4.78 is 27.4. The molecular weight excluding hydrogens is 302 g/mol. The number of hydrogen-bond acceptors (Lipinski definition) is 3. The molecule has 2 rings (SSSR count). The highest BCUT2D eigenvalue weighted by Gasteiger charge is 2.21. The number of sulfonamides is 1. The summed E-state index contributed by atoms with van der Waals surface area (Å²) in [5.41, 5.74) is 0.565. The van der Waals surface area contributed by atoms with Crippen LogP contribution in [0, 0.1) is 6.92 Å². The maximum absolute atomic E-state index is 12.3. The van der Waals surface area contributed by atoms with Crippen LogP contribution >= 0.6 is 22.9 Å². The van der Waals surface area contributed by atoms with E-state index in [-0.39, 0.29) is 10.9 Å². The molecule has 1 aromatic heterocycles. The van der Waals surface area contributed by atoms with Crippen molar-refractivity contribution < 1.29 is 8.42 Å². The van der Waals surface area contributed by atoms with E-state index in [1.54, 1.807) is 25.1 Å². The van der Waals surface area contributed by atoms with Gasteiger partial charge in [0.05, 0.1) is 10.9 Å². The fourth-order valence-electron chi connectivity index (χ4n) is 1.77. The molecule has 0 aliphatic rings. The van der Waals surface area contributed by atoms with E-state index < -0.39 is 10.0 Å². The van der Waals surface area contributed by atoms with E-state index in [0.29, 0.717) is 10.6 Å². The third-order valence-corrected chi connectivity index (χ3v) is 5.96. The zero-order valence-corrected chi connectivity index (χ0v) is 12.9. The summed E-state index contributed by atoms with van der Waals surface area (Å²) in [6.45, 7) is 3.52. The zero-order chi connectivity index (χ0) is 14.0. The number of nitrogens with one attached hydrogen (secondary N) is 1. The molecule has 1 aromatic carbocycles. The summed E-state index contributed by atoms with van der Waals surface area (Å²) in [6.07, 6.45) is 0. The van der Waals surface area contributed by atoms with E-state index in [9.17, 15) is 8.42 Å². The molecule has 3 nitrogen and oxygen atoms in total. The van der Waals surface area contributed by atoms with Crippen molar-refractivity contribution in [3.8, 4) is 0 Å². The fourth-order valence-corrected chi connectivity index (χ4v) is 4.30. The van der Waals surface area contributed by atoms with Gasteiger partial charge in [-0.05, 0) is 43.0 Å². The van der Waals surface area contributed by atoms with Crippen LogP contribution in [0.25, 0.3) is 0 Å². The second-order valence-electron chi connectivity index (χ2n) is 4.22. The lowest BCUT2D eigenvalue weighted by Gasteiger charge is -2.14. The van der Waals surface area contributed by atoms with E-state index in [1.165, 1.54) is 11.3 Å². The molecule has 0 bridgehead atoms. The van der Waals surface area contributed by atoms with E-state index in [4.69, 9.17) is 11.6 Å². The number of thiophene rings is 1. The smallest absolute Gasteiger partial charge is 0.207 e. The molecule has 0 spiro atoms. The first-order chi connectivity index (χ1) is 8.92. The maximum Gasteiger partial charge on any atom is 0.241 e. The van der Waals surface area contributed by atoms with Gasteiger partial charge in [-0.3, -0.25) is 0 Å². The molecule has 0 aliphatic heterocycles. The summed E-state index contributed by atoms with van der Waals surface area (Å²) in [5.74, 6) is 0. The maximum atomic E-state index is 12.3. The van der Waals surface area contributed by atoms with Gasteiger partial charge in [0.1, 0.15) is 0 Å². The molecule has 0 saturated heterocycles. The molecule has 102 valence electrons. The first kappa shape index (κ1) is 14.5. The molecule has 2 aromatic rings. The minimum Gasteiger partial charge on any atom is -0.207 e. The highest BCUT2D eigenvalue weighted by Crippen LogP contribution is 2.25. The van der Waals surface area contributed by atoms with E-state index in [0.717, 1.165) is 4.88 Å². The van der Waals surface area contributed by atoms with Crippen LogP contribution in [-0.2, 0) is 10.0 Å². The van der Waals surface area contributed by atoms with Crippen LogP contribution in [0.4, 0.5) is 0 Å². The molecule has 0 fully saturated rings. The number of halogens is 1. The second kappa shape index (κ2) is 5.63. The average molecular weight is 316 g/mol. The Kier molecular flexibility index (Phi) is 4.30. The van der Waals surface area contributed by atoms with Crippen LogP contribution in [-0.4, -0.2) is 8.42 Å². The van der Waals surface area contributed by atoms with Crippen LogP contribution in [0.15, 0.2) is 40.6 Å². The quantitative estimate of drug-likeness (QED) is 0.934. The first-order valence-electron chi connectivity index (χ1n) is 5.72. The van der Waals surface area contributed by atoms with Crippen molar-refractivity contribution in [1.29, 1.82) is 0 Å². The minimum absolute atomic E-state index is 0.225. The third kappa shape index (κ3) is 3.17. The van der Waals surface area contributed by atoms with Crippen LogP contribution in [0.1, 0.15) is 23.4 Å². The van der Waals surface area contributed by atoms with Gasteiger partial charge in [-0.25, -0.2) is 13.1 Å². The van der Waals surface area contributed by atoms with Gasteiger partial charge in [-0.1, -0.05) is 23.7 Å². The van der Waals surface area contributed by atoms with Gasteiger partial charge >= 0.3 is 0 Å². The van der Waals surface area contributed by atoms with Crippen molar-refractivity contribution in [3.63, 3.8) is 0 Å². The van der Waals surface area contributed by atoms with Crippen LogP contribution < -0.4 is 4.72 Å². The molecular formula is C13H14ClNO2S2. The molecule has 0 unspecified atom stereocenters. The largest absolute Gasteiger partial charge is 0.241 e. The van der Waals surface area contributed by atoms with Gasteiger partial charge in [0.2, 0.25) is 10.0 Å². The Balaban J connectivity index is 2.31. The molecule has 0 amide bonds. The fraction of sp³-hybridized carbons (Fsp3) is 0.231. The van der Waals surface area contributed by atoms with Crippen molar-refractivity contribution in [2.45, 2.75) is 24.8 Å². The summed E-state index contributed by atoms with van der Waals surface area (Å²) in [4.78, 5) is 1.20. The van der Waals surface area contributed by atoms with Gasteiger partial charge in [0.25, 0.3) is 0 Å². The van der Waals surface area contributed by atoms with Crippen molar-refractivity contribution >= 4 is 33.0 Å². The lowest BCUT2D eigenvalue weighted by molar-refractivity contribution is 0.568. The number of rotatable bonds is 4. The third-order valence-electron chi connectivity index (χ3n) is 2.81. The van der Waals surface area contributed by atoms with E-state index >= 15 is 0 Å². The molecule has 0 radical (unpaired) electrons. The normalized spacial score (nSPS) is 13.4. The van der Waals surface area contributed by atoms with Gasteiger partial charge < -0.3 is 0 Å². The molecule has 1 N–H and O–H groups in total. The van der Waals surface area contributed by atoms with Crippen LogP contribution in [0.3, 0.4) is 0 Å². The molecule has 1 atom stereocenters. The molecule has 1 heterocycles. The highest BCUT2D eigenvalue weighted by atomic mass is 35.5. The lowest BCUT2D eigenvalue weighted by Crippen LogP contribution is -2.27. The molecule has 19 heavy (non-hydrogen) atoms. The average Bonchev–Trinajstić information content (AvgIpc) is 2.85. The Labute approximate surface area is 122 Å². The van der Waals surface area contributed by atoms with Gasteiger partial charge in [-0.2, -0.15) is 0 Å². The standard InChI is InChI=1S/C13H14ClNO2S2/c1-9-11(14)5-3-7-13(9)19(16,17)15-10(2)12-6-4-8-18-12/h3-8,10,15H,1-2H3/t10-/m0/s1. The monoisotopic (exact) mass is 315 g/mol. The van der Waals surface area contributed by atoms with E-state index in [2.05, 4.69) is 4.72 Å². The Morgan fingerprint density at radius 2 is 2.00 bits per heavy atom. The second-order valence-corrected chi connectivity index (χ2v) is 7.29. The van der Waals surface area contributed by atoms with Crippen molar-refractivity contribution in [1.82, 2.24) is 4.72 Å². The first-order valence-corrected chi connectivity index (χ1v) is 8.47. The Morgan fingerprint density at radius 1 is 1.26 bits per heavy atom. The molecule has 0 aliphatic carbocycles. The number of hydrogen-bond donors (Lipinski definition) is 1. The van der Waals surface area contributed by atoms with Crippen molar-refractivity contribution in [2.24, 2.45) is 0 Å². The lowest BCUT2D eigenvalue weighted by atomic mass is 10.2. The van der Waals surface area contributed by atoms with E-state index in [1.807, 2.05) is 24.4 Å².